The van der Waals surface area contributed by atoms with Crippen LogP contribution in [0.5, 0.6) is 0 Å². The molecule has 0 spiro atoms. The summed E-state index contributed by atoms with van der Waals surface area (Å²) in [6.45, 7) is 1.53. The summed E-state index contributed by atoms with van der Waals surface area (Å²) in [6, 6.07) is 12.3. The van der Waals surface area contributed by atoms with E-state index in [2.05, 4.69) is 10.3 Å². The molecule has 9 heteroatoms. The number of carbonyl (C=O) groups is 2. The molecule has 156 valence electrons. The Bertz CT molecular complexity index is 1060. The first-order valence-electron chi connectivity index (χ1n) is 9.06. The third-order valence-electron chi connectivity index (χ3n) is 4.21. The number of anilines is 1. The molecule has 0 aliphatic carbocycles. The minimum atomic E-state index is -4.59. The molecule has 0 fully saturated rings. The molecule has 1 aromatic heterocycles. The number of para-hydroxylation sites is 2. The van der Waals surface area contributed by atoms with Crippen LogP contribution in [-0.4, -0.2) is 34.8 Å². The Morgan fingerprint density at radius 1 is 1.13 bits per heavy atom. The second-order valence-corrected chi connectivity index (χ2v) is 7.36. The summed E-state index contributed by atoms with van der Waals surface area (Å²) < 4.78 is 40.2. The molecule has 0 saturated heterocycles. The van der Waals surface area contributed by atoms with Gasteiger partial charge in [-0.3, -0.25) is 9.59 Å². The second kappa shape index (κ2) is 9.08. The van der Waals surface area contributed by atoms with Gasteiger partial charge in [0, 0.05) is 12.6 Å². The number of carbonyl (C=O) groups excluding carboxylic acids is 2. The molecule has 5 nitrogen and oxygen atoms in total. The van der Waals surface area contributed by atoms with Gasteiger partial charge in [-0.1, -0.05) is 24.3 Å². The molecule has 2 aromatic carbocycles. The van der Waals surface area contributed by atoms with Gasteiger partial charge in [-0.05, 0) is 37.3 Å². The van der Waals surface area contributed by atoms with Crippen molar-refractivity contribution in [2.24, 2.45) is 0 Å². The average molecular weight is 433 g/mol. The van der Waals surface area contributed by atoms with Crippen LogP contribution in [0.1, 0.15) is 17.5 Å². The van der Waals surface area contributed by atoms with Gasteiger partial charge in [0.25, 0.3) is 0 Å². The van der Waals surface area contributed by atoms with Gasteiger partial charge < -0.3 is 10.2 Å². The molecule has 3 rings (SSSR count). The molecule has 30 heavy (non-hydrogen) atoms. The van der Waals surface area contributed by atoms with Crippen LogP contribution in [0.2, 0.25) is 0 Å². The minimum absolute atomic E-state index is 0.220. The number of alkyl halides is 3. The van der Waals surface area contributed by atoms with E-state index in [0.29, 0.717) is 5.01 Å². The Balaban J connectivity index is 1.66. The molecule has 0 saturated carbocycles. The predicted molar refractivity (Wildman–Crippen MR) is 111 cm³/mol. The van der Waals surface area contributed by atoms with Crippen molar-refractivity contribution in [2.45, 2.75) is 13.1 Å². The van der Waals surface area contributed by atoms with Gasteiger partial charge in [-0.25, -0.2) is 4.98 Å². The first-order valence-corrected chi connectivity index (χ1v) is 9.88. The first-order chi connectivity index (χ1) is 14.3. The predicted octanol–water partition coefficient (Wildman–Crippen LogP) is 4.82. The van der Waals surface area contributed by atoms with Gasteiger partial charge in [-0.15, -0.1) is 11.3 Å². The van der Waals surface area contributed by atoms with Crippen LogP contribution in [-0.2, 0) is 15.8 Å². The van der Waals surface area contributed by atoms with Gasteiger partial charge in [-0.2, -0.15) is 13.2 Å². The summed E-state index contributed by atoms with van der Waals surface area (Å²) in [7, 11) is 0. The Labute approximate surface area is 174 Å². The zero-order chi connectivity index (χ0) is 21.7. The molecular formula is C21H18F3N3O2S. The Morgan fingerprint density at radius 3 is 2.53 bits per heavy atom. The van der Waals surface area contributed by atoms with E-state index in [1.165, 1.54) is 40.5 Å². The van der Waals surface area contributed by atoms with Crippen molar-refractivity contribution in [3.63, 3.8) is 0 Å². The third kappa shape index (κ3) is 5.24. The maximum Gasteiger partial charge on any atom is 0.418 e. The van der Waals surface area contributed by atoms with Gasteiger partial charge in [0.1, 0.15) is 11.6 Å². The highest BCUT2D eigenvalue weighted by atomic mass is 32.1. The number of hydrogen-bond donors (Lipinski definition) is 1. The minimum Gasteiger partial charge on any atom is -0.330 e. The van der Waals surface area contributed by atoms with Crippen molar-refractivity contribution in [1.82, 2.24) is 9.88 Å². The number of aromatic nitrogens is 1. The van der Waals surface area contributed by atoms with E-state index in [0.717, 1.165) is 16.3 Å². The fourth-order valence-corrected chi connectivity index (χ4v) is 3.63. The highest BCUT2D eigenvalue weighted by Gasteiger charge is 2.33. The largest absolute Gasteiger partial charge is 0.418 e. The molecule has 1 heterocycles. The molecule has 3 aromatic rings. The quantitative estimate of drug-likeness (QED) is 0.567. The fraction of sp³-hybridized carbons (Fsp3) is 0.190. The maximum atomic E-state index is 13.1. The maximum absolute atomic E-state index is 13.1. The lowest BCUT2D eigenvalue weighted by Crippen LogP contribution is -2.37. The van der Waals surface area contributed by atoms with Crippen molar-refractivity contribution < 1.29 is 22.8 Å². The third-order valence-corrected chi connectivity index (χ3v) is 5.21. The monoisotopic (exact) mass is 433 g/mol. The van der Waals surface area contributed by atoms with Crippen LogP contribution < -0.4 is 5.32 Å². The Kier molecular flexibility index (Phi) is 6.51. The van der Waals surface area contributed by atoms with Crippen molar-refractivity contribution in [1.29, 1.82) is 0 Å². The molecule has 0 aliphatic rings. The molecule has 0 unspecified atom stereocenters. The summed E-state index contributed by atoms with van der Waals surface area (Å²) in [5.74, 6) is -1.15. The van der Waals surface area contributed by atoms with Crippen molar-refractivity contribution in [3.05, 3.63) is 65.2 Å². The topological polar surface area (TPSA) is 62.3 Å². The smallest absolute Gasteiger partial charge is 0.330 e. The summed E-state index contributed by atoms with van der Waals surface area (Å²) in [4.78, 5) is 30.3. The number of benzene rings is 2. The molecular weight excluding hydrogens is 415 g/mol. The second-order valence-electron chi connectivity index (χ2n) is 6.30. The normalized spacial score (nSPS) is 11.7. The number of halogens is 3. The van der Waals surface area contributed by atoms with Crippen LogP contribution in [0.3, 0.4) is 0 Å². The number of hydrogen-bond acceptors (Lipinski definition) is 4. The number of nitrogens with one attached hydrogen (secondary N) is 1. The highest BCUT2D eigenvalue weighted by molar-refractivity contribution is 7.19. The summed E-state index contributed by atoms with van der Waals surface area (Å²) in [5, 5.41) is 2.88. The molecule has 0 aliphatic heterocycles. The SMILES string of the molecule is CCN(CC(=O)Nc1ccccc1C(F)(F)F)C(=O)/C=C/c1nc2ccccc2s1. The van der Waals surface area contributed by atoms with E-state index in [1.54, 1.807) is 13.0 Å². The zero-order valence-electron chi connectivity index (χ0n) is 15.9. The number of fused-ring (bicyclic) bond motifs is 1. The average Bonchev–Trinajstić information content (AvgIpc) is 3.13. The fourth-order valence-electron chi connectivity index (χ4n) is 2.76. The molecule has 0 bridgehead atoms. The lowest BCUT2D eigenvalue weighted by atomic mass is 10.1. The van der Waals surface area contributed by atoms with Crippen LogP contribution in [0.15, 0.2) is 54.6 Å². The first kappa shape index (κ1) is 21.5. The molecule has 0 atom stereocenters. The van der Waals surface area contributed by atoms with Crippen LogP contribution in [0.4, 0.5) is 18.9 Å². The van der Waals surface area contributed by atoms with Crippen LogP contribution in [0.25, 0.3) is 16.3 Å². The highest BCUT2D eigenvalue weighted by Crippen LogP contribution is 2.34. The van der Waals surface area contributed by atoms with Gasteiger partial charge in [0.2, 0.25) is 11.8 Å². The van der Waals surface area contributed by atoms with Crippen molar-refractivity contribution in [2.75, 3.05) is 18.4 Å². The number of thiazole rings is 1. The van der Waals surface area contributed by atoms with Crippen molar-refractivity contribution in [3.8, 4) is 0 Å². The van der Waals surface area contributed by atoms with Crippen LogP contribution >= 0.6 is 11.3 Å². The van der Waals surface area contributed by atoms with E-state index >= 15 is 0 Å². The number of nitrogens with zero attached hydrogens (tertiary/aromatic N) is 2. The molecule has 0 radical (unpaired) electrons. The van der Waals surface area contributed by atoms with Gasteiger partial charge >= 0.3 is 6.18 Å². The Hall–Kier alpha value is -3.20. The van der Waals surface area contributed by atoms with Gasteiger partial charge in [0.05, 0.1) is 21.5 Å². The van der Waals surface area contributed by atoms with E-state index in [4.69, 9.17) is 0 Å². The number of rotatable bonds is 6. The van der Waals surface area contributed by atoms with E-state index < -0.39 is 23.6 Å². The number of likely N-dealkylation sites (N-methyl/N-ethyl adjacent to an activating group) is 1. The summed E-state index contributed by atoms with van der Waals surface area (Å²) in [6.07, 6.45) is -1.73. The van der Waals surface area contributed by atoms with E-state index in [9.17, 15) is 22.8 Å². The summed E-state index contributed by atoms with van der Waals surface area (Å²) in [5.41, 5.74) is -0.461. The number of amides is 2. The Morgan fingerprint density at radius 2 is 1.83 bits per heavy atom. The van der Waals surface area contributed by atoms with E-state index in [1.807, 2.05) is 24.3 Å². The molecule has 1 N–H and O–H groups in total. The lowest BCUT2D eigenvalue weighted by molar-refractivity contribution is -0.137. The van der Waals surface area contributed by atoms with Crippen molar-refractivity contribution >= 4 is 45.1 Å². The zero-order valence-corrected chi connectivity index (χ0v) is 16.8. The molecule has 2 amide bonds. The lowest BCUT2D eigenvalue weighted by Gasteiger charge is -2.19. The van der Waals surface area contributed by atoms with Crippen LogP contribution in [0, 0.1) is 0 Å². The van der Waals surface area contributed by atoms with Gasteiger partial charge in [0.15, 0.2) is 0 Å². The van der Waals surface area contributed by atoms with E-state index in [-0.39, 0.29) is 18.8 Å². The summed E-state index contributed by atoms with van der Waals surface area (Å²) >= 11 is 1.42. The standard InChI is InChI=1S/C21H18F3N3O2S/c1-2-27(13-18(28)25-15-8-4-3-7-14(15)21(22,23)24)20(29)12-11-19-26-16-9-5-6-10-17(16)30-19/h3-12H,2,13H2,1H3,(H,25,28)/b12-11+.